The first-order chi connectivity index (χ1) is 9.49. The van der Waals surface area contributed by atoms with E-state index in [1.807, 2.05) is 0 Å². The number of aliphatic hydroxyl groups excluding tert-OH is 1. The lowest BCUT2D eigenvalue weighted by atomic mass is 10.1. The minimum atomic E-state index is -1.33. The smallest absolute Gasteiger partial charge is 0.338 e. The number of amides is 1. The number of hydrogen-bond acceptors (Lipinski definition) is 4. The Hall–Kier alpha value is -2.18. The summed E-state index contributed by atoms with van der Waals surface area (Å²) in [4.78, 5) is 23.8. The molecular formula is C14H13NO4S. The van der Waals surface area contributed by atoms with Gasteiger partial charge in [0.1, 0.15) is 5.00 Å². The van der Waals surface area contributed by atoms with Crippen LogP contribution in [0.1, 0.15) is 26.9 Å². The van der Waals surface area contributed by atoms with Gasteiger partial charge in [0.25, 0.3) is 5.91 Å². The largest absolute Gasteiger partial charge is 0.478 e. The standard InChI is InChI=1S/C14H13NO4S/c1-8-7-10(14(18)19)13(20-8)15-12(17)11(16)9-5-3-2-4-6-9/h2-7,11,16H,1H3,(H,15,17)(H,18,19). The molecule has 104 valence electrons. The molecule has 20 heavy (non-hydrogen) atoms. The first kappa shape index (κ1) is 14.2. The number of hydrogen-bond donors (Lipinski definition) is 3. The highest BCUT2D eigenvalue weighted by Crippen LogP contribution is 2.28. The minimum absolute atomic E-state index is 0.0288. The van der Waals surface area contributed by atoms with Gasteiger partial charge in [0, 0.05) is 4.88 Å². The van der Waals surface area contributed by atoms with Crippen LogP contribution < -0.4 is 5.32 Å². The van der Waals surface area contributed by atoms with Gasteiger partial charge in [-0.05, 0) is 18.6 Å². The summed E-state index contributed by atoms with van der Waals surface area (Å²) in [5.41, 5.74) is 0.483. The second kappa shape index (κ2) is 5.85. The Morgan fingerprint density at radius 3 is 2.50 bits per heavy atom. The van der Waals surface area contributed by atoms with Gasteiger partial charge in [-0.2, -0.15) is 0 Å². The molecule has 2 aromatic rings. The van der Waals surface area contributed by atoms with Crippen molar-refractivity contribution in [2.24, 2.45) is 0 Å². The topological polar surface area (TPSA) is 86.6 Å². The summed E-state index contributed by atoms with van der Waals surface area (Å²) >= 11 is 1.16. The van der Waals surface area contributed by atoms with Gasteiger partial charge in [-0.25, -0.2) is 4.79 Å². The summed E-state index contributed by atoms with van der Waals surface area (Å²) in [5.74, 6) is -1.76. The number of thiophene rings is 1. The lowest BCUT2D eigenvalue weighted by Crippen LogP contribution is -2.21. The third-order valence-corrected chi connectivity index (χ3v) is 3.65. The van der Waals surface area contributed by atoms with Crippen LogP contribution in [0.15, 0.2) is 36.4 Å². The van der Waals surface area contributed by atoms with E-state index in [0.29, 0.717) is 5.56 Å². The number of aliphatic hydroxyl groups is 1. The quantitative estimate of drug-likeness (QED) is 0.807. The van der Waals surface area contributed by atoms with Gasteiger partial charge in [-0.1, -0.05) is 30.3 Å². The van der Waals surface area contributed by atoms with Gasteiger partial charge in [-0.3, -0.25) is 4.79 Å². The number of aryl methyl sites for hydroxylation is 1. The number of aromatic carboxylic acids is 1. The van der Waals surface area contributed by atoms with Crippen LogP contribution >= 0.6 is 11.3 Å². The molecule has 0 aliphatic carbocycles. The van der Waals surface area contributed by atoms with E-state index in [1.54, 1.807) is 37.3 Å². The number of benzene rings is 1. The number of carboxylic acid groups (broad SMARTS) is 1. The zero-order chi connectivity index (χ0) is 14.7. The van der Waals surface area contributed by atoms with Crippen molar-refractivity contribution in [3.05, 3.63) is 52.4 Å². The van der Waals surface area contributed by atoms with Gasteiger partial charge in [0.05, 0.1) is 5.56 Å². The highest BCUT2D eigenvalue weighted by Gasteiger charge is 2.21. The normalized spacial score (nSPS) is 11.9. The average molecular weight is 291 g/mol. The molecule has 1 unspecified atom stereocenters. The third-order valence-electron chi connectivity index (χ3n) is 2.69. The van der Waals surface area contributed by atoms with E-state index >= 15 is 0 Å². The van der Waals surface area contributed by atoms with Gasteiger partial charge < -0.3 is 15.5 Å². The van der Waals surface area contributed by atoms with Crippen LogP contribution in [-0.4, -0.2) is 22.1 Å². The fourth-order valence-electron chi connectivity index (χ4n) is 1.73. The fraction of sp³-hybridized carbons (Fsp3) is 0.143. The molecule has 0 aliphatic rings. The number of carbonyl (C=O) groups is 2. The second-order valence-corrected chi connectivity index (χ2v) is 5.46. The Morgan fingerprint density at radius 2 is 1.90 bits per heavy atom. The van der Waals surface area contributed by atoms with Crippen molar-refractivity contribution in [2.75, 3.05) is 5.32 Å². The number of carboxylic acids is 1. The molecule has 0 spiro atoms. The highest BCUT2D eigenvalue weighted by atomic mass is 32.1. The summed E-state index contributed by atoms with van der Waals surface area (Å²) in [6.45, 7) is 1.75. The van der Waals surface area contributed by atoms with E-state index in [1.165, 1.54) is 6.07 Å². The maximum absolute atomic E-state index is 11.9. The molecule has 5 nitrogen and oxygen atoms in total. The molecule has 0 aliphatic heterocycles. The highest BCUT2D eigenvalue weighted by molar-refractivity contribution is 7.16. The number of nitrogens with one attached hydrogen (secondary N) is 1. The van der Waals surface area contributed by atoms with E-state index < -0.39 is 18.0 Å². The Bertz CT molecular complexity index is 636. The van der Waals surface area contributed by atoms with Crippen LogP contribution in [0.5, 0.6) is 0 Å². The van der Waals surface area contributed by atoms with Gasteiger partial charge in [0.2, 0.25) is 0 Å². The predicted octanol–water partition coefficient (Wildman–Crippen LogP) is 2.43. The van der Waals surface area contributed by atoms with Crippen molar-refractivity contribution in [2.45, 2.75) is 13.0 Å². The molecule has 6 heteroatoms. The molecule has 1 aromatic heterocycles. The van der Waals surface area contributed by atoms with Crippen LogP contribution in [0.2, 0.25) is 0 Å². The van der Waals surface area contributed by atoms with Crippen molar-refractivity contribution < 1.29 is 19.8 Å². The minimum Gasteiger partial charge on any atom is -0.478 e. The van der Waals surface area contributed by atoms with Crippen LogP contribution in [-0.2, 0) is 4.79 Å². The molecule has 0 fully saturated rings. The monoisotopic (exact) mass is 291 g/mol. The lowest BCUT2D eigenvalue weighted by molar-refractivity contribution is -0.124. The SMILES string of the molecule is Cc1cc(C(=O)O)c(NC(=O)C(O)c2ccccc2)s1. The molecule has 0 saturated carbocycles. The van der Waals surface area contributed by atoms with E-state index in [9.17, 15) is 14.7 Å². The number of anilines is 1. The van der Waals surface area contributed by atoms with E-state index in [0.717, 1.165) is 16.2 Å². The maximum Gasteiger partial charge on any atom is 0.338 e. The third kappa shape index (κ3) is 3.04. The molecule has 2 rings (SSSR count). The molecule has 0 saturated heterocycles. The van der Waals surface area contributed by atoms with Crippen molar-refractivity contribution in [1.82, 2.24) is 0 Å². The molecule has 0 bridgehead atoms. The van der Waals surface area contributed by atoms with Crippen molar-refractivity contribution in [3.63, 3.8) is 0 Å². The molecule has 1 aromatic carbocycles. The molecule has 1 amide bonds. The Morgan fingerprint density at radius 1 is 1.25 bits per heavy atom. The average Bonchev–Trinajstić information content (AvgIpc) is 2.80. The lowest BCUT2D eigenvalue weighted by Gasteiger charge is -2.11. The Balaban J connectivity index is 2.18. The summed E-state index contributed by atoms with van der Waals surface area (Å²) in [7, 11) is 0. The van der Waals surface area contributed by atoms with E-state index in [2.05, 4.69) is 5.32 Å². The van der Waals surface area contributed by atoms with Gasteiger partial charge in [0.15, 0.2) is 6.10 Å². The van der Waals surface area contributed by atoms with Gasteiger partial charge in [-0.15, -0.1) is 11.3 Å². The summed E-state index contributed by atoms with van der Waals surface area (Å²) < 4.78 is 0. The Labute approximate surface area is 119 Å². The van der Waals surface area contributed by atoms with E-state index in [4.69, 9.17) is 5.11 Å². The molecule has 1 atom stereocenters. The molecule has 3 N–H and O–H groups in total. The summed E-state index contributed by atoms with van der Waals surface area (Å²) in [5, 5.41) is 21.7. The molecular weight excluding hydrogens is 278 g/mol. The zero-order valence-electron chi connectivity index (χ0n) is 10.7. The van der Waals surface area contributed by atoms with Crippen molar-refractivity contribution >= 4 is 28.2 Å². The number of carbonyl (C=O) groups excluding carboxylic acids is 1. The van der Waals surface area contributed by atoms with Crippen LogP contribution in [0.3, 0.4) is 0 Å². The maximum atomic E-state index is 11.9. The van der Waals surface area contributed by atoms with Crippen molar-refractivity contribution in [3.8, 4) is 0 Å². The zero-order valence-corrected chi connectivity index (χ0v) is 11.5. The molecule has 0 radical (unpaired) electrons. The molecule has 1 heterocycles. The predicted molar refractivity (Wildman–Crippen MR) is 76.0 cm³/mol. The van der Waals surface area contributed by atoms with Crippen molar-refractivity contribution in [1.29, 1.82) is 0 Å². The van der Waals surface area contributed by atoms with E-state index in [-0.39, 0.29) is 10.6 Å². The fourth-order valence-corrected chi connectivity index (χ4v) is 2.64. The Kier molecular flexibility index (Phi) is 4.16. The van der Waals surface area contributed by atoms with Gasteiger partial charge >= 0.3 is 5.97 Å². The second-order valence-electron chi connectivity index (χ2n) is 4.21. The summed E-state index contributed by atoms with van der Waals surface area (Å²) in [6.07, 6.45) is -1.33. The number of rotatable bonds is 4. The van der Waals surface area contributed by atoms with Crippen LogP contribution in [0.4, 0.5) is 5.00 Å². The van der Waals surface area contributed by atoms with Crippen LogP contribution in [0.25, 0.3) is 0 Å². The first-order valence-corrected chi connectivity index (χ1v) is 6.68. The first-order valence-electron chi connectivity index (χ1n) is 5.86. The summed E-state index contributed by atoms with van der Waals surface area (Å²) in [6, 6.07) is 9.94. The van der Waals surface area contributed by atoms with Crippen LogP contribution in [0, 0.1) is 6.92 Å².